The normalized spacial score (nSPS) is 12.9. The number of carbonyl (C=O) groups is 3. The summed E-state index contributed by atoms with van der Waals surface area (Å²) in [5, 5.41) is 11.3. The van der Waals surface area contributed by atoms with Gasteiger partial charge < -0.3 is 15.2 Å². The Bertz CT molecular complexity index is 618. The topological polar surface area (TPSA) is 92.7 Å². The van der Waals surface area contributed by atoms with Crippen molar-refractivity contribution in [1.82, 2.24) is 5.32 Å². The third kappa shape index (κ3) is 13.2. The van der Waals surface area contributed by atoms with Gasteiger partial charge in [-0.1, -0.05) is 34.9 Å². The van der Waals surface area contributed by atoms with Crippen molar-refractivity contribution in [3.63, 3.8) is 0 Å². The molecule has 2 N–H and O–H groups in total. The Hall–Kier alpha value is -2.02. The van der Waals surface area contributed by atoms with E-state index in [-0.39, 0.29) is 5.75 Å². The molecule has 0 aromatic carbocycles. The molecule has 6 nitrogen and oxygen atoms in total. The van der Waals surface area contributed by atoms with Crippen LogP contribution in [0.15, 0.2) is 34.9 Å². The fraction of sp³-hybridized carbons (Fsp3) is 0.571. The third-order valence-electron chi connectivity index (χ3n) is 3.93. The summed E-state index contributed by atoms with van der Waals surface area (Å²) in [4.78, 5) is 33.7. The molecule has 0 saturated heterocycles. The second-order valence-corrected chi connectivity index (χ2v) is 7.93. The van der Waals surface area contributed by atoms with E-state index in [2.05, 4.69) is 56.0 Å². The number of hydrogen-bond acceptors (Lipinski definition) is 5. The number of aliphatic carboxylic acids is 1. The van der Waals surface area contributed by atoms with Gasteiger partial charge in [0.25, 0.3) is 0 Å². The van der Waals surface area contributed by atoms with Crippen molar-refractivity contribution in [1.29, 1.82) is 0 Å². The number of carboxylic acid groups (broad SMARTS) is 1. The fourth-order valence-electron chi connectivity index (χ4n) is 2.21. The minimum absolute atomic E-state index is 0.172. The molecule has 0 spiro atoms. The van der Waals surface area contributed by atoms with Crippen molar-refractivity contribution >= 4 is 29.6 Å². The van der Waals surface area contributed by atoms with Gasteiger partial charge in [-0.2, -0.15) is 11.8 Å². The summed E-state index contributed by atoms with van der Waals surface area (Å²) in [6.45, 7) is 8.43. The lowest BCUT2D eigenvalue weighted by atomic mass is 10.1. The number of esters is 1. The van der Waals surface area contributed by atoms with Gasteiger partial charge in [-0.3, -0.25) is 4.79 Å². The largest absolute Gasteiger partial charge is 0.480 e. The van der Waals surface area contributed by atoms with Crippen LogP contribution in [0.2, 0.25) is 0 Å². The quantitative estimate of drug-likeness (QED) is 0.219. The lowest BCUT2D eigenvalue weighted by Gasteiger charge is -2.12. The van der Waals surface area contributed by atoms with E-state index in [0.717, 1.165) is 32.8 Å². The predicted octanol–water partition coefficient (Wildman–Crippen LogP) is 3.88. The van der Waals surface area contributed by atoms with Crippen molar-refractivity contribution in [3.05, 3.63) is 34.9 Å². The van der Waals surface area contributed by atoms with E-state index in [1.54, 1.807) is 0 Å². The Morgan fingerprint density at radius 2 is 1.57 bits per heavy atom. The summed E-state index contributed by atoms with van der Waals surface area (Å²) in [6, 6.07) is -1.13. The van der Waals surface area contributed by atoms with Gasteiger partial charge in [0.15, 0.2) is 0 Å². The molecule has 0 heterocycles. The van der Waals surface area contributed by atoms with Crippen LogP contribution in [-0.4, -0.2) is 47.6 Å². The lowest BCUT2D eigenvalue weighted by Crippen LogP contribution is -2.45. The molecule has 0 aliphatic heterocycles. The van der Waals surface area contributed by atoms with Crippen LogP contribution in [-0.2, 0) is 19.1 Å². The molecule has 7 heteroatoms. The Labute approximate surface area is 172 Å². The smallest absolute Gasteiger partial charge is 0.396 e. The zero-order chi connectivity index (χ0) is 21.5. The number of methoxy groups -OCH3 is 1. The highest BCUT2D eigenvalue weighted by Crippen LogP contribution is 2.13. The first-order valence-electron chi connectivity index (χ1n) is 9.31. The lowest BCUT2D eigenvalue weighted by molar-refractivity contribution is -0.154. The van der Waals surface area contributed by atoms with Crippen LogP contribution in [0.1, 0.15) is 53.4 Å². The summed E-state index contributed by atoms with van der Waals surface area (Å²) in [5.74, 6) is -2.51. The van der Waals surface area contributed by atoms with Crippen molar-refractivity contribution < 1.29 is 24.2 Å². The van der Waals surface area contributed by atoms with Crippen LogP contribution in [0.3, 0.4) is 0 Å². The summed E-state index contributed by atoms with van der Waals surface area (Å²) in [5.41, 5.74) is 3.98. The Balaban J connectivity index is 4.24. The van der Waals surface area contributed by atoms with Crippen molar-refractivity contribution in [2.75, 3.05) is 18.6 Å². The first-order valence-corrected chi connectivity index (χ1v) is 10.5. The van der Waals surface area contributed by atoms with Crippen LogP contribution in [0.4, 0.5) is 0 Å². The van der Waals surface area contributed by atoms with Crippen LogP contribution in [0.25, 0.3) is 0 Å². The standard InChI is InChI=1S/C21H33NO5S/c1-15(2)8-6-9-16(3)10-7-11-17(4)12-13-28-14-18(20(24)25)22-19(23)21(26)27-5/h8,10,12,18H,6-7,9,11,13-14H2,1-5H3,(H,22,23)(H,24,25)/t18-/m0/s1. The van der Waals surface area contributed by atoms with Crippen molar-refractivity contribution in [3.8, 4) is 0 Å². The van der Waals surface area contributed by atoms with E-state index in [9.17, 15) is 14.4 Å². The van der Waals surface area contributed by atoms with Gasteiger partial charge in [-0.25, -0.2) is 9.59 Å². The zero-order valence-corrected chi connectivity index (χ0v) is 18.4. The summed E-state index contributed by atoms with van der Waals surface area (Å²) in [6.07, 6.45) is 10.7. The number of thioether (sulfide) groups is 1. The maximum atomic E-state index is 11.4. The molecule has 0 fully saturated rings. The SMILES string of the molecule is COC(=O)C(=O)N[C@@H](CSCC=C(C)CCC=C(C)CCC=C(C)C)C(=O)O. The number of hydrogen-bond donors (Lipinski definition) is 2. The van der Waals surface area contributed by atoms with E-state index in [1.807, 2.05) is 0 Å². The van der Waals surface area contributed by atoms with E-state index in [0.29, 0.717) is 5.75 Å². The molecular formula is C21H33NO5S. The average Bonchev–Trinajstić information content (AvgIpc) is 2.62. The van der Waals surface area contributed by atoms with E-state index < -0.39 is 23.9 Å². The number of carboxylic acids is 1. The summed E-state index contributed by atoms with van der Waals surface area (Å²) >= 11 is 1.39. The molecule has 0 aliphatic carbocycles. The number of carbonyl (C=O) groups excluding carboxylic acids is 2. The average molecular weight is 412 g/mol. The van der Waals surface area contributed by atoms with Crippen LogP contribution in [0.5, 0.6) is 0 Å². The number of ether oxygens (including phenoxy) is 1. The maximum Gasteiger partial charge on any atom is 0.396 e. The Kier molecular flexibility index (Phi) is 13.9. The van der Waals surface area contributed by atoms with Gasteiger partial charge in [0.05, 0.1) is 7.11 Å². The predicted molar refractivity (Wildman–Crippen MR) is 114 cm³/mol. The second-order valence-electron chi connectivity index (χ2n) is 6.85. The molecule has 158 valence electrons. The molecular weight excluding hydrogens is 378 g/mol. The number of nitrogens with one attached hydrogen (secondary N) is 1. The minimum atomic E-state index is -1.18. The van der Waals surface area contributed by atoms with E-state index in [1.165, 1.54) is 28.5 Å². The van der Waals surface area contributed by atoms with Gasteiger partial charge in [-0.15, -0.1) is 0 Å². The molecule has 1 atom stereocenters. The monoisotopic (exact) mass is 411 g/mol. The minimum Gasteiger partial charge on any atom is -0.480 e. The van der Waals surface area contributed by atoms with E-state index in [4.69, 9.17) is 5.11 Å². The molecule has 0 bridgehead atoms. The van der Waals surface area contributed by atoms with Gasteiger partial charge in [-0.05, 0) is 53.4 Å². The molecule has 1 amide bonds. The van der Waals surface area contributed by atoms with E-state index >= 15 is 0 Å². The fourth-order valence-corrected chi connectivity index (χ4v) is 3.21. The molecule has 28 heavy (non-hydrogen) atoms. The van der Waals surface area contributed by atoms with Crippen molar-refractivity contribution in [2.45, 2.75) is 59.4 Å². The van der Waals surface area contributed by atoms with Crippen LogP contribution >= 0.6 is 11.8 Å². The van der Waals surface area contributed by atoms with Gasteiger partial charge in [0.1, 0.15) is 6.04 Å². The number of allylic oxidation sites excluding steroid dienone is 5. The molecule has 0 aromatic heterocycles. The highest BCUT2D eigenvalue weighted by molar-refractivity contribution is 7.99. The molecule has 0 radical (unpaired) electrons. The van der Waals surface area contributed by atoms with Gasteiger partial charge >= 0.3 is 17.8 Å². The maximum absolute atomic E-state index is 11.4. The Morgan fingerprint density at radius 3 is 2.11 bits per heavy atom. The first kappa shape index (κ1) is 26.0. The summed E-state index contributed by atoms with van der Waals surface area (Å²) in [7, 11) is 1.07. The molecule has 0 saturated carbocycles. The highest BCUT2D eigenvalue weighted by Gasteiger charge is 2.23. The summed E-state index contributed by atoms with van der Waals surface area (Å²) < 4.78 is 4.27. The van der Waals surface area contributed by atoms with Crippen LogP contribution in [0, 0.1) is 0 Å². The second kappa shape index (κ2) is 15.0. The van der Waals surface area contributed by atoms with Crippen LogP contribution < -0.4 is 5.32 Å². The number of rotatable bonds is 12. The Morgan fingerprint density at radius 1 is 1.00 bits per heavy atom. The van der Waals surface area contributed by atoms with Gasteiger partial charge in [0.2, 0.25) is 0 Å². The first-order chi connectivity index (χ1) is 13.2. The molecule has 0 aliphatic rings. The van der Waals surface area contributed by atoms with Gasteiger partial charge in [0, 0.05) is 11.5 Å². The van der Waals surface area contributed by atoms with Crippen molar-refractivity contribution in [2.24, 2.45) is 0 Å². The highest BCUT2D eigenvalue weighted by atomic mass is 32.2. The third-order valence-corrected chi connectivity index (χ3v) is 4.90. The number of amides is 1. The zero-order valence-electron chi connectivity index (χ0n) is 17.5. The molecule has 0 aromatic rings. The molecule has 0 rings (SSSR count). The molecule has 0 unspecified atom stereocenters.